The Morgan fingerprint density at radius 3 is 2.54 bits per heavy atom. The summed E-state index contributed by atoms with van der Waals surface area (Å²) in [6, 6.07) is 11.7. The van der Waals surface area contributed by atoms with Gasteiger partial charge < -0.3 is 30.4 Å². The van der Waals surface area contributed by atoms with Crippen molar-refractivity contribution in [3.63, 3.8) is 0 Å². The van der Waals surface area contributed by atoms with Crippen molar-refractivity contribution < 1.29 is 37.3 Å². The molecule has 0 aliphatic heterocycles. The van der Waals surface area contributed by atoms with Crippen LogP contribution in [-0.2, 0) is 19.4 Å². The number of hydrogen-bond donors (Lipinski definition) is 3. The highest BCUT2D eigenvalue weighted by Crippen LogP contribution is 2.37. The molecule has 4 aromatic rings. The summed E-state index contributed by atoms with van der Waals surface area (Å²) in [6.45, 7) is -0.0817. The van der Waals surface area contributed by atoms with Crippen molar-refractivity contribution in [2.45, 2.75) is 19.4 Å². The first kappa shape index (κ1) is 26.0. The number of nitrogen functional groups attached to an aromatic ring is 1. The maximum Gasteiger partial charge on any atom is 0.416 e. The van der Waals surface area contributed by atoms with Crippen LogP contribution in [0.25, 0.3) is 10.1 Å². The Balaban J connectivity index is 1.42. The van der Waals surface area contributed by atoms with Crippen LogP contribution in [0.1, 0.15) is 16.7 Å². The zero-order chi connectivity index (χ0) is 26.4. The number of nitrogens with two attached hydrogens (primary N) is 1. The molecular weight excluding hydrogens is 511 g/mol. The molecule has 194 valence electrons. The van der Waals surface area contributed by atoms with Crippen LogP contribution in [-0.4, -0.2) is 29.3 Å². The lowest BCUT2D eigenvalue weighted by Crippen LogP contribution is -2.29. The van der Waals surface area contributed by atoms with Gasteiger partial charge in [0, 0.05) is 23.6 Å². The highest BCUT2D eigenvalue weighted by atomic mass is 32.1. The molecule has 2 heterocycles. The largest absolute Gasteiger partial charge is 0.489 e. The predicted molar refractivity (Wildman–Crippen MR) is 132 cm³/mol. The van der Waals surface area contributed by atoms with Crippen LogP contribution in [0.5, 0.6) is 17.2 Å². The number of benzene rings is 2. The Kier molecular flexibility index (Phi) is 7.99. The number of anilines is 1. The summed E-state index contributed by atoms with van der Waals surface area (Å²) in [6.07, 6.45) is -3.80. The molecule has 0 unspecified atom stereocenters. The average molecular weight is 534 g/mol. The summed E-state index contributed by atoms with van der Waals surface area (Å²) in [7, 11) is 0. The number of amides is 1. The zero-order valence-electron chi connectivity index (χ0n) is 19.2. The molecule has 2 aromatic carbocycles. The van der Waals surface area contributed by atoms with Crippen molar-refractivity contribution >= 4 is 33.3 Å². The molecule has 12 heteroatoms. The van der Waals surface area contributed by atoms with E-state index in [4.69, 9.17) is 25.1 Å². The maximum atomic E-state index is 12.9. The van der Waals surface area contributed by atoms with E-state index in [2.05, 4.69) is 10.3 Å². The molecule has 4 N–H and O–H groups in total. The summed E-state index contributed by atoms with van der Waals surface area (Å²) in [5, 5.41) is 13.6. The minimum absolute atomic E-state index is 0.0423. The molecule has 2 aromatic heterocycles. The summed E-state index contributed by atoms with van der Waals surface area (Å²) >= 11 is 1.31. The van der Waals surface area contributed by atoms with Crippen LogP contribution in [0.15, 0.2) is 60.1 Å². The fraction of sp³-hybridized carbons (Fsp3) is 0.200. The molecule has 0 bridgehead atoms. The van der Waals surface area contributed by atoms with Gasteiger partial charge in [-0.2, -0.15) is 13.2 Å². The Morgan fingerprint density at radius 2 is 1.81 bits per heavy atom. The van der Waals surface area contributed by atoms with Gasteiger partial charge in [-0.15, -0.1) is 11.3 Å². The number of nitrogens with zero attached hydrogens (tertiary/aromatic N) is 1. The number of rotatable bonds is 9. The molecule has 0 fully saturated rings. The van der Waals surface area contributed by atoms with Crippen LogP contribution in [0.2, 0.25) is 0 Å². The molecule has 0 aliphatic rings. The minimum Gasteiger partial charge on any atom is -0.489 e. The molecule has 4 rings (SSSR count). The van der Waals surface area contributed by atoms with Crippen LogP contribution in [0.4, 0.5) is 23.8 Å². The maximum absolute atomic E-state index is 12.9. The highest BCUT2D eigenvalue weighted by Gasteiger charge is 2.30. The first-order valence-corrected chi connectivity index (χ1v) is 11.9. The van der Waals surface area contributed by atoms with E-state index in [1.165, 1.54) is 23.6 Å². The molecule has 37 heavy (non-hydrogen) atoms. The second kappa shape index (κ2) is 11.4. The Morgan fingerprint density at radius 1 is 1.08 bits per heavy atom. The van der Waals surface area contributed by atoms with Crippen LogP contribution >= 0.6 is 11.3 Å². The summed E-state index contributed by atoms with van der Waals surface area (Å²) in [4.78, 5) is 16.0. The van der Waals surface area contributed by atoms with Crippen molar-refractivity contribution in [1.29, 1.82) is 0 Å². The summed E-state index contributed by atoms with van der Waals surface area (Å²) in [5.74, 6) is 1.37. The minimum atomic E-state index is -4.42. The molecule has 0 saturated heterocycles. The lowest BCUT2D eigenvalue weighted by atomic mass is 10.1. The molecule has 0 spiro atoms. The fourth-order valence-electron chi connectivity index (χ4n) is 3.40. The zero-order valence-corrected chi connectivity index (χ0v) is 20.1. The standard InChI is InChI=1S/C25H22F3N3O5S/c26-25(27,28)17-4-1-3-15(9-17)12-34-18-5-2-6-19(10-18)35-13-16-14-37-22-20(11-31-23(29)21(16)22)36-24(33)30-7-8-32/h1-6,9-11,14,32H,7-8,12-13H2,(H2,29,31)(H,30,33). The van der Waals surface area contributed by atoms with Gasteiger partial charge in [0.2, 0.25) is 0 Å². The van der Waals surface area contributed by atoms with Gasteiger partial charge in [-0.05, 0) is 35.2 Å². The number of alkyl halides is 3. The fourth-order valence-corrected chi connectivity index (χ4v) is 4.41. The molecule has 0 aliphatic carbocycles. The van der Waals surface area contributed by atoms with Crippen LogP contribution < -0.4 is 25.3 Å². The van der Waals surface area contributed by atoms with Gasteiger partial charge in [-0.25, -0.2) is 9.78 Å². The SMILES string of the molecule is Nc1ncc(OC(=O)NCCO)c2scc(COc3cccc(OCc4cccc(C(F)(F)F)c4)c3)c12. The third-order valence-electron chi connectivity index (χ3n) is 5.11. The molecule has 0 radical (unpaired) electrons. The number of carbonyl (C=O) groups is 1. The van der Waals surface area contributed by atoms with E-state index in [9.17, 15) is 18.0 Å². The van der Waals surface area contributed by atoms with Gasteiger partial charge in [-0.3, -0.25) is 0 Å². The van der Waals surface area contributed by atoms with Gasteiger partial charge in [0.05, 0.1) is 23.1 Å². The number of aliphatic hydroxyl groups is 1. The third-order valence-corrected chi connectivity index (χ3v) is 6.15. The quantitative estimate of drug-likeness (QED) is 0.273. The van der Waals surface area contributed by atoms with E-state index < -0.39 is 17.8 Å². The number of pyridine rings is 1. The smallest absolute Gasteiger partial charge is 0.416 e. The van der Waals surface area contributed by atoms with E-state index in [1.807, 2.05) is 5.38 Å². The van der Waals surface area contributed by atoms with Crippen molar-refractivity contribution in [3.05, 3.63) is 76.8 Å². The summed E-state index contributed by atoms with van der Waals surface area (Å²) < 4.78 is 56.2. The van der Waals surface area contributed by atoms with Gasteiger partial charge in [-0.1, -0.05) is 18.2 Å². The van der Waals surface area contributed by atoms with Gasteiger partial charge in [0.1, 0.15) is 30.5 Å². The number of aliphatic hydroxyl groups excluding tert-OH is 1. The van der Waals surface area contributed by atoms with Crippen LogP contribution in [0, 0.1) is 0 Å². The highest BCUT2D eigenvalue weighted by molar-refractivity contribution is 7.17. The van der Waals surface area contributed by atoms with Crippen LogP contribution in [0.3, 0.4) is 0 Å². The second-order valence-electron chi connectivity index (χ2n) is 7.76. The number of ether oxygens (including phenoxy) is 3. The first-order chi connectivity index (χ1) is 17.7. The topological polar surface area (TPSA) is 116 Å². The van der Waals surface area contributed by atoms with E-state index >= 15 is 0 Å². The number of aromatic nitrogens is 1. The lowest BCUT2D eigenvalue weighted by molar-refractivity contribution is -0.137. The van der Waals surface area contributed by atoms with E-state index in [0.717, 1.165) is 17.7 Å². The van der Waals surface area contributed by atoms with E-state index in [1.54, 1.807) is 30.3 Å². The van der Waals surface area contributed by atoms with Gasteiger partial charge in [0.15, 0.2) is 5.75 Å². The van der Waals surface area contributed by atoms with Crippen molar-refractivity contribution in [1.82, 2.24) is 10.3 Å². The van der Waals surface area contributed by atoms with Crippen molar-refractivity contribution in [3.8, 4) is 17.2 Å². The van der Waals surface area contributed by atoms with Gasteiger partial charge >= 0.3 is 12.3 Å². The monoisotopic (exact) mass is 533 g/mol. The normalized spacial score (nSPS) is 11.4. The number of halogens is 3. The lowest BCUT2D eigenvalue weighted by Gasteiger charge is -2.11. The predicted octanol–water partition coefficient (Wildman–Crippen LogP) is 5.14. The second-order valence-corrected chi connectivity index (χ2v) is 8.64. The van der Waals surface area contributed by atoms with Crippen molar-refractivity contribution in [2.75, 3.05) is 18.9 Å². The number of nitrogens with one attached hydrogen (secondary N) is 1. The van der Waals surface area contributed by atoms with E-state index in [0.29, 0.717) is 27.1 Å². The number of thiophene rings is 1. The number of carbonyl (C=O) groups excluding carboxylic acids is 1. The first-order valence-electron chi connectivity index (χ1n) is 11.0. The van der Waals surface area contributed by atoms with Crippen molar-refractivity contribution in [2.24, 2.45) is 0 Å². The Bertz CT molecular complexity index is 1390. The molecule has 8 nitrogen and oxygen atoms in total. The number of fused-ring (bicyclic) bond motifs is 1. The number of hydrogen-bond acceptors (Lipinski definition) is 8. The third kappa shape index (κ3) is 6.60. The molecule has 1 amide bonds. The average Bonchev–Trinajstić information content (AvgIpc) is 3.32. The molecule has 0 saturated carbocycles. The summed E-state index contributed by atoms with van der Waals surface area (Å²) in [5.41, 5.74) is 6.44. The molecule has 0 atom stereocenters. The Hall–Kier alpha value is -4.03. The van der Waals surface area contributed by atoms with E-state index in [-0.39, 0.29) is 37.9 Å². The Labute approximate surface area is 213 Å². The van der Waals surface area contributed by atoms with Gasteiger partial charge in [0.25, 0.3) is 0 Å². The molecular formula is C25H22F3N3O5S.